The van der Waals surface area contributed by atoms with Gasteiger partial charge in [-0.3, -0.25) is 4.90 Å². The molecule has 4 nitrogen and oxygen atoms in total. The van der Waals surface area contributed by atoms with Crippen LogP contribution in [0.4, 0.5) is 4.79 Å². The lowest BCUT2D eigenvalue weighted by atomic mass is 9.99. The number of hydrogen-bond donors (Lipinski definition) is 1. The Morgan fingerprint density at radius 2 is 1.89 bits per heavy atom. The molecule has 0 heterocycles. The van der Waals surface area contributed by atoms with E-state index < -0.39 is 17.7 Å². The van der Waals surface area contributed by atoms with Crippen molar-refractivity contribution in [1.29, 1.82) is 0 Å². The van der Waals surface area contributed by atoms with Crippen LogP contribution in [-0.4, -0.2) is 34.0 Å². The Kier molecular flexibility index (Phi) is 5.11. The first-order chi connectivity index (χ1) is 8.75. The third kappa shape index (κ3) is 4.35. The van der Waals surface area contributed by atoms with Crippen LogP contribution in [0.25, 0.3) is 0 Å². The highest BCUT2D eigenvalue weighted by Crippen LogP contribution is 2.20. The fourth-order valence-corrected chi connectivity index (χ4v) is 2.25. The summed E-state index contributed by atoms with van der Waals surface area (Å²) >= 11 is 3.34. The Morgan fingerprint density at radius 1 is 1.37 bits per heavy atom. The van der Waals surface area contributed by atoms with Crippen LogP contribution in [0.15, 0.2) is 28.7 Å². The Labute approximate surface area is 121 Å². The Hall–Kier alpha value is -1.36. The SMILES string of the molecule is CC(C)(C)N(C(=O)O)[C@H](C=O)Cc1ccc(Br)cc1. The van der Waals surface area contributed by atoms with E-state index in [0.717, 1.165) is 10.0 Å². The van der Waals surface area contributed by atoms with Crippen molar-refractivity contribution in [3.05, 3.63) is 34.3 Å². The minimum atomic E-state index is -1.08. The van der Waals surface area contributed by atoms with Crippen LogP contribution in [0.1, 0.15) is 26.3 Å². The maximum atomic E-state index is 11.4. The summed E-state index contributed by atoms with van der Waals surface area (Å²) in [6.45, 7) is 5.33. The molecule has 0 aliphatic carbocycles. The van der Waals surface area contributed by atoms with Gasteiger partial charge >= 0.3 is 6.09 Å². The summed E-state index contributed by atoms with van der Waals surface area (Å²) in [6.07, 6.45) is -0.0106. The van der Waals surface area contributed by atoms with E-state index in [9.17, 15) is 14.7 Å². The smallest absolute Gasteiger partial charge is 0.408 e. The van der Waals surface area contributed by atoms with Gasteiger partial charge in [0.25, 0.3) is 0 Å². The fourth-order valence-electron chi connectivity index (χ4n) is 1.99. The van der Waals surface area contributed by atoms with Gasteiger partial charge in [0.05, 0.1) is 6.04 Å². The topological polar surface area (TPSA) is 57.6 Å². The molecule has 19 heavy (non-hydrogen) atoms. The van der Waals surface area contributed by atoms with Gasteiger partial charge in [-0.1, -0.05) is 28.1 Å². The Balaban J connectivity index is 2.96. The van der Waals surface area contributed by atoms with Gasteiger partial charge in [-0.25, -0.2) is 4.79 Å². The lowest BCUT2D eigenvalue weighted by Gasteiger charge is -2.37. The van der Waals surface area contributed by atoms with Gasteiger partial charge in [-0.05, 0) is 44.9 Å². The first-order valence-electron chi connectivity index (χ1n) is 5.97. The van der Waals surface area contributed by atoms with Gasteiger partial charge in [0.1, 0.15) is 6.29 Å². The molecule has 0 spiro atoms. The van der Waals surface area contributed by atoms with Gasteiger partial charge in [-0.15, -0.1) is 0 Å². The molecular formula is C14H18BrNO3. The fraction of sp³-hybridized carbons (Fsp3) is 0.429. The largest absolute Gasteiger partial charge is 0.465 e. The molecule has 0 aliphatic rings. The van der Waals surface area contributed by atoms with E-state index in [-0.39, 0.29) is 0 Å². The number of rotatable bonds is 4. The van der Waals surface area contributed by atoms with Crippen molar-refractivity contribution in [1.82, 2.24) is 4.90 Å². The van der Waals surface area contributed by atoms with Crippen LogP contribution < -0.4 is 0 Å². The molecule has 0 unspecified atom stereocenters. The number of benzene rings is 1. The molecule has 5 heteroatoms. The molecule has 0 saturated heterocycles. The zero-order valence-corrected chi connectivity index (χ0v) is 12.8. The number of carbonyl (C=O) groups excluding carboxylic acids is 1. The van der Waals surface area contributed by atoms with Crippen LogP contribution in [-0.2, 0) is 11.2 Å². The quantitative estimate of drug-likeness (QED) is 0.863. The minimum absolute atomic E-state index is 0.375. The van der Waals surface area contributed by atoms with Crippen LogP contribution in [0.2, 0.25) is 0 Å². The van der Waals surface area contributed by atoms with E-state index in [1.807, 2.05) is 24.3 Å². The van der Waals surface area contributed by atoms with Crippen molar-refractivity contribution in [2.75, 3.05) is 0 Å². The average molecular weight is 328 g/mol. The molecule has 1 aromatic rings. The van der Waals surface area contributed by atoms with Gasteiger partial charge in [0.2, 0.25) is 0 Å². The molecule has 1 rings (SSSR count). The van der Waals surface area contributed by atoms with E-state index >= 15 is 0 Å². The second-order valence-corrected chi connectivity index (χ2v) is 6.27. The standard InChI is InChI=1S/C14H18BrNO3/c1-14(2,3)16(13(18)19)12(9-17)8-10-4-6-11(15)7-5-10/h4-7,9,12H,8H2,1-3H3,(H,18,19)/t12-/m0/s1. The number of aldehydes is 1. The molecule has 0 radical (unpaired) electrons. The molecule has 0 saturated carbocycles. The number of carbonyl (C=O) groups is 2. The zero-order chi connectivity index (χ0) is 14.6. The molecule has 1 amide bonds. The summed E-state index contributed by atoms with van der Waals surface area (Å²) in [4.78, 5) is 23.8. The number of amides is 1. The molecule has 0 aliphatic heterocycles. The normalized spacial score (nSPS) is 12.8. The highest BCUT2D eigenvalue weighted by atomic mass is 79.9. The van der Waals surface area contributed by atoms with E-state index in [1.54, 1.807) is 20.8 Å². The summed E-state index contributed by atoms with van der Waals surface area (Å²) in [5, 5.41) is 9.29. The monoisotopic (exact) mass is 327 g/mol. The molecule has 1 atom stereocenters. The number of halogens is 1. The summed E-state index contributed by atoms with van der Waals surface area (Å²) < 4.78 is 0.949. The molecule has 0 aromatic heterocycles. The molecule has 104 valence electrons. The third-order valence-electron chi connectivity index (χ3n) is 2.78. The molecule has 0 fully saturated rings. The maximum absolute atomic E-state index is 11.4. The second kappa shape index (κ2) is 6.19. The average Bonchev–Trinajstić information content (AvgIpc) is 2.28. The first kappa shape index (κ1) is 15.7. The summed E-state index contributed by atoms with van der Waals surface area (Å²) in [7, 11) is 0. The molecule has 1 N–H and O–H groups in total. The lowest BCUT2D eigenvalue weighted by Crippen LogP contribution is -2.52. The molecular weight excluding hydrogens is 310 g/mol. The Morgan fingerprint density at radius 3 is 2.26 bits per heavy atom. The Bertz CT molecular complexity index is 451. The van der Waals surface area contributed by atoms with E-state index in [4.69, 9.17) is 0 Å². The maximum Gasteiger partial charge on any atom is 0.408 e. The van der Waals surface area contributed by atoms with Crippen molar-refractivity contribution >= 4 is 28.3 Å². The van der Waals surface area contributed by atoms with Crippen molar-refractivity contribution < 1.29 is 14.7 Å². The van der Waals surface area contributed by atoms with E-state index in [0.29, 0.717) is 12.7 Å². The lowest BCUT2D eigenvalue weighted by molar-refractivity contribution is -0.113. The first-order valence-corrected chi connectivity index (χ1v) is 6.77. The van der Waals surface area contributed by atoms with Crippen LogP contribution in [0, 0.1) is 0 Å². The van der Waals surface area contributed by atoms with Crippen molar-refractivity contribution in [3.63, 3.8) is 0 Å². The summed E-state index contributed by atoms with van der Waals surface area (Å²) in [6, 6.07) is 6.82. The summed E-state index contributed by atoms with van der Waals surface area (Å²) in [5.41, 5.74) is 0.308. The van der Waals surface area contributed by atoms with Crippen LogP contribution >= 0.6 is 15.9 Å². The van der Waals surface area contributed by atoms with E-state index in [2.05, 4.69) is 15.9 Å². The summed E-state index contributed by atoms with van der Waals surface area (Å²) in [5.74, 6) is 0. The van der Waals surface area contributed by atoms with Gasteiger partial charge in [-0.2, -0.15) is 0 Å². The van der Waals surface area contributed by atoms with E-state index in [1.165, 1.54) is 4.90 Å². The van der Waals surface area contributed by atoms with Crippen molar-refractivity contribution in [3.8, 4) is 0 Å². The highest BCUT2D eigenvalue weighted by molar-refractivity contribution is 9.10. The van der Waals surface area contributed by atoms with Crippen molar-refractivity contribution in [2.45, 2.75) is 38.8 Å². The zero-order valence-electron chi connectivity index (χ0n) is 11.3. The van der Waals surface area contributed by atoms with Gasteiger partial charge in [0, 0.05) is 10.0 Å². The van der Waals surface area contributed by atoms with Crippen LogP contribution in [0.3, 0.4) is 0 Å². The van der Waals surface area contributed by atoms with Gasteiger partial charge < -0.3 is 9.90 Å². The predicted octanol–water partition coefficient (Wildman–Crippen LogP) is 3.34. The molecule has 0 bridgehead atoms. The number of hydrogen-bond acceptors (Lipinski definition) is 2. The highest BCUT2D eigenvalue weighted by Gasteiger charge is 2.33. The minimum Gasteiger partial charge on any atom is -0.465 e. The van der Waals surface area contributed by atoms with Crippen molar-refractivity contribution in [2.24, 2.45) is 0 Å². The second-order valence-electron chi connectivity index (χ2n) is 5.36. The third-order valence-corrected chi connectivity index (χ3v) is 3.30. The van der Waals surface area contributed by atoms with Gasteiger partial charge in [0.15, 0.2) is 0 Å². The predicted molar refractivity (Wildman–Crippen MR) is 77.3 cm³/mol. The number of carboxylic acid groups (broad SMARTS) is 1. The molecule has 1 aromatic carbocycles. The number of nitrogens with zero attached hydrogens (tertiary/aromatic N) is 1. The van der Waals surface area contributed by atoms with Crippen LogP contribution in [0.5, 0.6) is 0 Å².